The van der Waals surface area contributed by atoms with Crippen molar-refractivity contribution in [3.8, 4) is 11.5 Å². The van der Waals surface area contributed by atoms with Crippen LogP contribution in [0.15, 0.2) is 76.4 Å². The normalized spacial score (nSPS) is 12.0. The molecule has 0 radical (unpaired) electrons. The number of aromatic amines is 2. The number of benzene rings is 3. The molecule has 4 rings (SSSR count). The molecular weight excluding hydrogens is 556 g/mol. The van der Waals surface area contributed by atoms with Crippen molar-refractivity contribution < 1.29 is 24.5 Å². The monoisotopic (exact) mass is 592 g/mol. The molecule has 1 amide bonds. The number of aryl methyl sites for hydroxylation is 1. The Hall–Kier alpha value is -4.32. The van der Waals surface area contributed by atoms with E-state index in [1.807, 2.05) is 49.6 Å². The zero-order valence-corrected chi connectivity index (χ0v) is 24.7. The largest absolute Gasteiger partial charge is 0.506 e. The summed E-state index contributed by atoms with van der Waals surface area (Å²) in [5.74, 6) is 0.615. The Balaban J connectivity index is 0.000000247. The van der Waals surface area contributed by atoms with Gasteiger partial charge in [0.1, 0.15) is 17.2 Å². The number of phenols is 1. The summed E-state index contributed by atoms with van der Waals surface area (Å²) in [6, 6.07) is 20.0. The maximum atomic E-state index is 12.1. The minimum absolute atomic E-state index is 0.0381. The fourth-order valence-corrected chi connectivity index (χ4v) is 4.55. The van der Waals surface area contributed by atoms with Gasteiger partial charge in [0, 0.05) is 28.7 Å². The number of thioether (sulfide) groups is 1. The van der Waals surface area contributed by atoms with Crippen LogP contribution >= 0.6 is 11.8 Å². The van der Waals surface area contributed by atoms with Gasteiger partial charge in [-0.2, -0.15) is 0 Å². The van der Waals surface area contributed by atoms with Gasteiger partial charge in [0.15, 0.2) is 0 Å². The number of rotatable bonds is 12. The molecule has 0 bridgehead atoms. The van der Waals surface area contributed by atoms with Gasteiger partial charge < -0.3 is 35.6 Å². The molecule has 0 saturated carbocycles. The van der Waals surface area contributed by atoms with E-state index in [-0.39, 0.29) is 29.0 Å². The van der Waals surface area contributed by atoms with Gasteiger partial charge in [-0.1, -0.05) is 18.2 Å². The number of aliphatic hydroxyl groups excluding tert-OH is 1. The molecule has 0 spiro atoms. The molecule has 42 heavy (non-hydrogen) atoms. The maximum Gasteiger partial charge on any atom is 0.323 e. The first-order chi connectivity index (χ1) is 20.1. The highest BCUT2D eigenvalue weighted by atomic mass is 32.2. The first-order valence-electron chi connectivity index (χ1n) is 13.2. The van der Waals surface area contributed by atoms with Crippen molar-refractivity contribution in [1.82, 2.24) is 15.3 Å². The van der Waals surface area contributed by atoms with E-state index in [4.69, 9.17) is 4.74 Å². The van der Waals surface area contributed by atoms with Crippen molar-refractivity contribution in [2.75, 3.05) is 25.2 Å². The van der Waals surface area contributed by atoms with Crippen LogP contribution in [0.1, 0.15) is 45.9 Å². The molecule has 6 N–H and O–H groups in total. The fourth-order valence-electron chi connectivity index (χ4n) is 4.14. The van der Waals surface area contributed by atoms with Crippen LogP contribution in [0.4, 0.5) is 5.69 Å². The summed E-state index contributed by atoms with van der Waals surface area (Å²) in [6.45, 7) is 4.11. The molecule has 0 unspecified atom stereocenters. The average Bonchev–Trinajstić information content (AvgIpc) is 3.34. The predicted octanol–water partition coefficient (Wildman–Crippen LogP) is 4.19. The Morgan fingerprint density at radius 3 is 2.33 bits per heavy atom. The number of carbonyl (C=O) groups is 2. The lowest BCUT2D eigenvalue weighted by Crippen LogP contribution is -2.32. The number of methoxy groups -OCH3 is 1. The zero-order chi connectivity index (χ0) is 30.6. The van der Waals surface area contributed by atoms with Crippen LogP contribution in [-0.2, 0) is 11.2 Å². The first kappa shape index (κ1) is 32.2. The van der Waals surface area contributed by atoms with Crippen LogP contribution in [0.3, 0.4) is 0 Å². The van der Waals surface area contributed by atoms with Crippen molar-refractivity contribution in [2.24, 2.45) is 0 Å². The van der Waals surface area contributed by atoms with E-state index in [2.05, 4.69) is 20.6 Å². The second kappa shape index (κ2) is 15.6. The van der Waals surface area contributed by atoms with Crippen LogP contribution in [0.5, 0.6) is 11.5 Å². The van der Waals surface area contributed by atoms with Crippen molar-refractivity contribution in [2.45, 2.75) is 37.3 Å². The molecule has 0 fully saturated rings. The molecule has 1 heterocycles. The number of ketones is 1. The molecule has 2 atom stereocenters. The van der Waals surface area contributed by atoms with Gasteiger partial charge in [-0.05, 0) is 86.2 Å². The van der Waals surface area contributed by atoms with Crippen molar-refractivity contribution >= 4 is 29.6 Å². The lowest BCUT2D eigenvalue weighted by molar-refractivity contribution is -0.105. The van der Waals surface area contributed by atoms with Crippen LogP contribution in [-0.4, -0.2) is 58.3 Å². The second-order valence-corrected chi connectivity index (χ2v) is 10.4. The molecule has 1 aromatic heterocycles. The van der Waals surface area contributed by atoms with E-state index in [0.29, 0.717) is 35.5 Å². The quantitative estimate of drug-likeness (QED) is 0.0619. The number of phenolic OH excluding ortho intramolecular Hbond substituents is 1. The smallest absolute Gasteiger partial charge is 0.323 e. The van der Waals surface area contributed by atoms with Crippen LogP contribution in [0.25, 0.3) is 0 Å². The molecule has 0 aliphatic rings. The Bertz CT molecular complexity index is 1520. The third kappa shape index (κ3) is 9.10. The molecule has 4 aromatic rings. The second-order valence-electron chi connectivity index (χ2n) is 9.55. The summed E-state index contributed by atoms with van der Waals surface area (Å²) in [5.41, 5.74) is 3.18. The van der Waals surface area contributed by atoms with E-state index in [1.165, 1.54) is 11.6 Å². The van der Waals surface area contributed by atoms with E-state index < -0.39 is 6.10 Å². The third-order valence-electron chi connectivity index (χ3n) is 6.47. The number of H-pyrrole nitrogens is 2. The maximum absolute atomic E-state index is 12.1. The average molecular weight is 593 g/mol. The van der Waals surface area contributed by atoms with Crippen LogP contribution in [0, 0.1) is 6.92 Å². The summed E-state index contributed by atoms with van der Waals surface area (Å²) in [6.07, 6.45) is 2.54. The lowest BCUT2D eigenvalue weighted by atomic mass is 10.1. The van der Waals surface area contributed by atoms with Gasteiger partial charge in [0.05, 0.1) is 18.9 Å². The third-order valence-corrected chi connectivity index (χ3v) is 7.22. The fraction of sp³-hybridized carbons (Fsp3) is 0.258. The van der Waals surface area contributed by atoms with Crippen LogP contribution < -0.4 is 21.1 Å². The number of carbonyl (C=O) groups excluding carboxylic acids is 2. The Kier molecular flexibility index (Phi) is 12.0. The number of aromatic nitrogens is 2. The highest BCUT2D eigenvalue weighted by molar-refractivity contribution is 7.98. The zero-order valence-electron chi connectivity index (χ0n) is 23.9. The summed E-state index contributed by atoms with van der Waals surface area (Å²) >= 11 is 1.62. The van der Waals surface area contributed by atoms with Gasteiger partial charge in [-0.3, -0.25) is 9.59 Å². The van der Waals surface area contributed by atoms with Crippen molar-refractivity contribution in [3.05, 3.63) is 105 Å². The Morgan fingerprint density at radius 1 is 1.07 bits per heavy atom. The number of nitrogens with one attached hydrogen (secondary N) is 4. The number of hydrogen-bond donors (Lipinski definition) is 6. The number of aliphatic hydroxyl groups is 1. The minimum atomic E-state index is -0.744. The number of hydrogen-bond acceptors (Lipinski definition) is 8. The van der Waals surface area contributed by atoms with Crippen molar-refractivity contribution in [3.63, 3.8) is 0 Å². The minimum Gasteiger partial charge on any atom is -0.506 e. The molecular formula is C31H36N4O6S. The van der Waals surface area contributed by atoms with E-state index in [0.717, 1.165) is 17.1 Å². The SMILES string of the molecule is COc1ccc(C[C@@H](C)NC[C@H](O)c2ccc(O)c(NC=O)c2)cc1.CSc1ccc(C(=O)c2[nH]c(=O)[nH]c2C)cc1. The molecule has 222 valence electrons. The molecule has 11 heteroatoms. The topological polar surface area (TPSA) is 157 Å². The molecule has 0 aliphatic heterocycles. The number of imidazole rings is 1. The first-order valence-corrected chi connectivity index (χ1v) is 14.4. The number of ether oxygens (including phenoxy) is 1. The molecule has 10 nitrogen and oxygen atoms in total. The summed E-state index contributed by atoms with van der Waals surface area (Å²) in [7, 11) is 1.64. The molecule has 0 saturated heterocycles. The Labute approximate surface area is 248 Å². The summed E-state index contributed by atoms with van der Waals surface area (Å²) < 4.78 is 5.14. The summed E-state index contributed by atoms with van der Waals surface area (Å²) in [5, 5.41) is 25.6. The molecule has 0 aliphatic carbocycles. The van der Waals surface area contributed by atoms with E-state index in [1.54, 1.807) is 50.1 Å². The Morgan fingerprint density at radius 2 is 1.76 bits per heavy atom. The van der Waals surface area contributed by atoms with E-state index >= 15 is 0 Å². The van der Waals surface area contributed by atoms with Crippen LogP contribution in [0.2, 0.25) is 0 Å². The predicted molar refractivity (Wildman–Crippen MR) is 165 cm³/mol. The number of anilines is 1. The highest BCUT2D eigenvalue weighted by Gasteiger charge is 2.15. The summed E-state index contributed by atoms with van der Waals surface area (Å²) in [4.78, 5) is 39.8. The lowest BCUT2D eigenvalue weighted by Gasteiger charge is -2.18. The van der Waals surface area contributed by atoms with Gasteiger partial charge >= 0.3 is 5.69 Å². The number of aromatic hydroxyl groups is 1. The number of amides is 1. The van der Waals surface area contributed by atoms with Gasteiger partial charge in [-0.15, -0.1) is 11.8 Å². The van der Waals surface area contributed by atoms with Gasteiger partial charge in [-0.25, -0.2) is 4.79 Å². The van der Waals surface area contributed by atoms with Gasteiger partial charge in [0.2, 0.25) is 12.2 Å². The van der Waals surface area contributed by atoms with Crippen molar-refractivity contribution in [1.29, 1.82) is 0 Å². The molecule has 3 aromatic carbocycles. The van der Waals surface area contributed by atoms with E-state index in [9.17, 15) is 24.6 Å². The van der Waals surface area contributed by atoms with Gasteiger partial charge in [0.25, 0.3) is 0 Å². The standard InChI is InChI=1S/C19H24N2O4.C12H12N2O2S/c1-13(9-14-3-6-16(25-2)7-4-14)20-11-19(24)15-5-8-18(23)17(10-15)21-12-22;1-7-10(14-12(16)13-7)11(15)8-3-5-9(17-2)6-4-8/h3-8,10,12-13,19-20,23-24H,9,11H2,1-2H3,(H,21,22);3-6H,1-2H3,(H2,13,14,16)/t13-,19+;/m1./s1. The highest BCUT2D eigenvalue weighted by Crippen LogP contribution is 2.26.